The summed E-state index contributed by atoms with van der Waals surface area (Å²) in [7, 11) is 0. The average molecular weight is 511 g/mol. The van der Waals surface area contributed by atoms with E-state index in [4.69, 9.17) is 27.9 Å². The van der Waals surface area contributed by atoms with E-state index >= 15 is 0 Å². The number of halogens is 2. The van der Waals surface area contributed by atoms with Crippen molar-refractivity contribution in [1.82, 2.24) is 9.88 Å². The summed E-state index contributed by atoms with van der Waals surface area (Å²) in [6.45, 7) is 4.74. The first-order valence-electron chi connectivity index (χ1n) is 11.1. The second kappa shape index (κ2) is 10.5. The number of pyridine rings is 1. The van der Waals surface area contributed by atoms with Crippen molar-refractivity contribution in [3.63, 3.8) is 0 Å². The zero-order chi connectivity index (χ0) is 25.1. The first-order chi connectivity index (χ1) is 16.8. The van der Waals surface area contributed by atoms with Gasteiger partial charge in [0.2, 0.25) is 0 Å². The Morgan fingerprint density at radius 2 is 1.89 bits per heavy atom. The second-order valence-electron chi connectivity index (χ2n) is 8.69. The number of nitrogens with zero attached hydrogens (tertiary/aromatic N) is 2. The quantitative estimate of drug-likeness (QED) is 0.238. The molecule has 2 heterocycles. The molecule has 0 aliphatic carbocycles. The number of aromatic nitrogens is 1. The summed E-state index contributed by atoms with van der Waals surface area (Å²) in [4.78, 5) is 32.0. The molecule has 0 spiro atoms. The molecule has 6 nitrogen and oxygen atoms in total. The molecule has 1 aliphatic rings. The summed E-state index contributed by atoms with van der Waals surface area (Å²) in [5, 5.41) is 11.8. The number of carbonyl (C=O) groups is 2. The van der Waals surface area contributed by atoms with Crippen molar-refractivity contribution in [3.8, 4) is 5.75 Å². The van der Waals surface area contributed by atoms with E-state index < -0.39 is 17.7 Å². The van der Waals surface area contributed by atoms with Gasteiger partial charge in [-0.05, 0) is 53.4 Å². The number of hydrogen-bond donors (Lipinski definition) is 1. The van der Waals surface area contributed by atoms with Crippen molar-refractivity contribution in [2.45, 2.75) is 26.4 Å². The molecule has 4 rings (SSSR count). The number of likely N-dealkylation sites (tertiary alicyclic amines) is 1. The molecule has 1 fully saturated rings. The Kier molecular flexibility index (Phi) is 7.43. The lowest BCUT2D eigenvalue weighted by Gasteiger charge is -2.26. The topological polar surface area (TPSA) is 79.7 Å². The molecule has 1 saturated heterocycles. The van der Waals surface area contributed by atoms with Gasteiger partial charge in [0, 0.05) is 24.5 Å². The van der Waals surface area contributed by atoms with Crippen LogP contribution in [0, 0.1) is 5.92 Å². The van der Waals surface area contributed by atoms with Gasteiger partial charge in [-0.15, -0.1) is 0 Å². The number of rotatable bonds is 7. The van der Waals surface area contributed by atoms with Crippen molar-refractivity contribution in [2.24, 2.45) is 5.92 Å². The fraction of sp³-hybridized carbons (Fsp3) is 0.222. The SMILES string of the molecule is CC(C)COc1cccc(C2/C(=C(/O)c3ccc(Cl)c(Cl)c3)C(=O)C(=O)N2Cc2cccnc2)c1. The molecule has 8 heteroatoms. The van der Waals surface area contributed by atoms with Crippen molar-refractivity contribution in [2.75, 3.05) is 6.61 Å². The lowest BCUT2D eigenvalue weighted by Crippen LogP contribution is -2.29. The van der Waals surface area contributed by atoms with Crippen LogP contribution in [0.25, 0.3) is 5.76 Å². The van der Waals surface area contributed by atoms with Gasteiger partial charge < -0.3 is 14.7 Å². The van der Waals surface area contributed by atoms with Crippen LogP contribution in [0.4, 0.5) is 0 Å². The van der Waals surface area contributed by atoms with Gasteiger partial charge in [0.05, 0.1) is 28.3 Å². The summed E-state index contributed by atoms with van der Waals surface area (Å²) in [6.07, 6.45) is 3.27. The van der Waals surface area contributed by atoms with E-state index in [2.05, 4.69) is 4.98 Å². The van der Waals surface area contributed by atoms with Gasteiger partial charge in [0.25, 0.3) is 11.7 Å². The maximum Gasteiger partial charge on any atom is 0.295 e. The number of amides is 1. The molecule has 1 atom stereocenters. The molecule has 1 aliphatic heterocycles. The molecule has 0 saturated carbocycles. The average Bonchev–Trinajstić information content (AvgIpc) is 3.09. The molecule has 1 aromatic heterocycles. The van der Waals surface area contributed by atoms with Crippen LogP contribution in [0.15, 0.2) is 72.6 Å². The Morgan fingerprint density at radius 1 is 1.09 bits per heavy atom. The highest BCUT2D eigenvalue weighted by Crippen LogP contribution is 2.41. The number of hydrogen-bond acceptors (Lipinski definition) is 5. The van der Waals surface area contributed by atoms with Gasteiger partial charge in [-0.1, -0.05) is 55.2 Å². The van der Waals surface area contributed by atoms with E-state index in [1.54, 1.807) is 42.7 Å². The predicted molar refractivity (Wildman–Crippen MR) is 135 cm³/mol. The summed E-state index contributed by atoms with van der Waals surface area (Å²) >= 11 is 12.2. The summed E-state index contributed by atoms with van der Waals surface area (Å²) in [6, 6.07) is 14.5. The minimum Gasteiger partial charge on any atom is -0.507 e. The summed E-state index contributed by atoms with van der Waals surface area (Å²) in [5.74, 6) is -0.888. The van der Waals surface area contributed by atoms with Gasteiger partial charge in [0.1, 0.15) is 11.5 Å². The van der Waals surface area contributed by atoms with Gasteiger partial charge >= 0.3 is 0 Å². The number of aliphatic hydroxyl groups excluding tert-OH is 1. The Labute approximate surface area is 213 Å². The highest BCUT2D eigenvalue weighted by atomic mass is 35.5. The van der Waals surface area contributed by atoms with Crippen LogP contribution in [0.2, 0.25) is 10.0 Å². The molecule has 0 radical (unpaired) electrons. The van der Waals surface area contributed by atoms with E-state index in [1.165, 1.54) is 17.0 Å². The van der Waals surface area contributed by atoms with Crippen LogP contribution in [0.1, 0.15) is 36.6 Å². The molecule has 2 aromatic carbocycles. The van der Waals surface area contributed by atoms with E-state index in [0.29, 0.717) is 28.9 Å². The maximum atomic E-state index is 13.2. The monoisotopic (exact) mass is 510 g/mol. The molecular weight excluding hydrogens is 487 g/mol. The van der Waals surface area contributed by atoms with Crippen LogP contribution in [0.5, 0.6) is 5.75 Å². The zero-order valence-corrected chi connectivity index (χ0v) is 20.8. The normalized spacial score (nSPS) is 17.3. The highest BCUT2D eigenvalue weighted by molar-refractivity contribution is 6.46. The molecule has 3 aromatic rings. The molecule has 1 unspecified atom stereocenters. The van der Waals surface area contributed by atoms with Crippen molar-refractivity contribution >= 4 is 40.7 Å². The van der Waals surface area contributed by atoms with E-state index in [9.17, 15) is 14.7 Å². The summed E-state index contributed by atoms with van der Waals surface area (Å²) < 4.78 is 5.88. The Bertz CT molecular complexity index is 1290. The predicted octanol–water partition coefficient (Wildman–Crippen LogP) is 6.05. The van der Waals surface area contributed by atoms with Crippen LogP contribution in [0.3, 0.4) is 0 Å². The van der Waals surface area contributed by atoms with Crippen LogP contribution < -0.4 is 4.74 Å². The van der Waals surface area contributed by atoms with Crippen molar-refractivity contribution in [1.29, 1.82) is 0 Å². The minimum atomic E-state index is -0.841. The van der Waals surface area contributed by atoms with Gasteiger partial charge in [-0.3, -0.25) is 14.6 Å². The molecule has 1 N–H and O–H groups in total. The van der Waals surface area contributed by atoms with Gasteiger partial charge in [0.15, 0.2) is 0 Å². The number of ether oxygens (including phenoxy) is 1. The molecule has 180 valence electrons. The first kappa shape index (κ1) is 24.8. The number of ketones is 1. The molecule has 0 bridgehead atoms. The maximum absolute atomic E-state index is 13.2. The van der Waals surface area contributed by atoms with E-state index in [-0.39, 0.29) is 28.5 Å². The largest absolute Gasteiger partial charge is 0.507 e. The van der Waals surface area contributed by atoms with E-state index in [1.807, 2.05) is 26.0 Å². The van der Waals surface area contributed by atoms with Gasteiger partial charge in [-0.25, -0.2) is 0 Å². The second-order valence-corrected chi connectivity index (χ2v) is 9.51. The third-order valence-corrected chi connectivity index (χ3v) is 6.30. The number of carbonyl (C=O) groups excluding carboxylic acids is 2. The summed E-state index contributed by atoms with van der Waals surface area (Å²) in [5.41, 5.74) is 1.64. The third-order valence-electron chi connectivity index (χ3n) is 5.57. The van der Waals surface area contributed by atoms with Crippen LogP contribution >= 0.6 is 23.2 Å². The lowest BCUT2D eigenvalue weighted by atomic mass is 9.95. The van der Waals surface area contributed by atoms with Crippen molar-refractivity contribution < 1.29 is 19.4 Å². The van der Waals surface area contributed by atoms with Crippen LogP contribution in [-0.2, 0) is 16.1 Å². The fourth-order valence-electron chi connectivity index (χ4n) is 3.91. The molecular formula is C27H24Cl2N2O4. The number of aliphatic hydroxyl groups is 1. The highest BCUT2D eigenvalue weighted by Gasteiger charge is 2.46. The van der Waals surface area contributed by atoms with Gasteiger partial charge in [-0.2, -0.15) is 0 Å². The molecule has 1 amide bonds. The van der Waals surface area contributed by atoms with E-state index in [0.717, 1.165) is 5.56 Å². The fourth-order valence-corrected chi connectivity index (χ4v) is 4.21. The van der Waals surface area contributed by atoms with Crippen LogP contribution in [-0.4, -0.2) is 33.3 Å². The zero-order valence-electron chi connectivity index (χ0n) is 19.2. The lowest BCUT2D eigenvalue weighted by molar-refractivity contribution is -0.140. The first-order valence-corrected chi connectivity index (χ1v) is 11.9. The number of Topliss-reactive ketones (excluding diaryl/α,β-unsaturated/α-hetero) is 1. The Hall–Kier alpha value is -3.35. The smallest absolute Gasteiger partial charge is 0.295 e. The Morgan fingerprint density at radius 3 is 2.57 bits per heavy atom. The number of benzene rings is 2. The Balaban J connectivity index is 1.84. The standard InChI is InChI=1S/C27H24Cl2N2O4/c1-16(2)15-35-20-7-3-6-18(11-20)24-23(25(32)19-8-9-21(28)22(29)12-19)26(33)27(34)31(24)14-17-5-4-10-30-13-17/h3-13,16,24,32H,14-15H2,1-2H3/b25-23-. The third kappa shape index (κ3) is 5.34. The minimum absolute atomic E-state index is 0.0294. The molecule has 35 heavy (non-hydrogen) atoms. The van der Waals surface area contributed by atoms with Crippen molar-refractivity contribution in [3.05, 3.63) is 99.3 Å².